The smallest absolute Gasteiger partial charge is 0.254 e. The molecule has 1 fully saturated rings. The molecular weight excluding hydrogens is 246 g/mol. The van der Waals surface area contributed by atoms with Crippen molar-refractivity contribution in [1.29, 1.82) is 0 Å². The molecular formula is C13H21N3O3. The number of methoxy groups -OCH3 is 1. The molecule has 6 nitrogen and oxygen atoms in total. The van der Waals surface area contributed by atoms with E-state index in [0.29, 0.717) is 5.56 Å². The molecule has 0 aliphatic heterocycles. The molecule has 19 heavy (non-hydrogen) atoms. The van der Waals surface area contributed by atoms with Crippen LogP contribution in [0.4, 0.5) is 0 Å². The van der Waals surface area contributed by atoms with Gasteiger partial charge in [-0.05, 0) is 26.2 Å². The molecule has 0 saturated heterocycles. The van der Waals surface area contributed by atoms with Crippen LogP contribution in [0.5, 0.6) is 0 Å². The Bertz CT molecular complexity index is 433. The van der Waals surface area contributed by atoms with Gasteiger partial charge in [0.1, 0.15) is 6.10 Å². The monoisotopic (exact) mass is 267 g/mol. The number of aryl methyl sites for hydroxylation is 1. The Labute approximate surface area is 112 Å². The number of hydrogen-bond acceptors (Lipinski definition) is 4. The maximum Gasteiger partial charge on any atom is 0.254 e. The highest BCUT2D eigenvalue weighted by molar-refractivity contribution is 5.93. The van der Waals surface area contributed by atoms with E-state index >= 15 is 0 Å². The fraction of sp³-hybridized carbons (Fsp3) is 0.692. The molecule has 1 aliphatic carbocycles. The first-order valence-corrected chi connectivity index (χ1v) is 6.70. The molecule has 0 bridgehead atoms. The van der Waals surface area contributed by atoms with E-state index < -0.39 is 6.10 Å². The topological polar surface area (TPSA) is 76.4 Å². The summed E-state index contributed by atoms with van der Waals surface area (Å²) in [7, 11) is 1.59. The second-order valence-corrected chi connectivity index (χ2v) is 4.86. The lowest BCUT2D eigenvalue weighted by Gasteiger charge is -2.34. The van der Waals surface area contributed by atoms with Crippen molar-refractivity contribution in [3.05, 3.63) is 18.0 Å². The van der Waals surface area contributed by atoms with Crippen LogP contribution in [0.15, 0.2) is 12.4 Å². The molecule has 1 aromatic rings. The van der Waals surface area contributed by atoms with Crippen molar-refractivity contribution in [1.82, 2.24) is 15.1 Å². The van der Waals surface area contributed by atoms with Crippen molar-refractivity contribution >= 4 is 5.91 Å². The van der Waals surface area contributed by atoms with E-state index in [2.05, 4.69) is 10.4 Å². The Kier molecular flexibility index (Phi) is 4.55. The van der Waals surface area contributed by atoms with E-state index in [4.69, 9.17) is 4.74 Å². The molecule has 2 rings (SSSR count). The van der Waals surface area contributed by atoms with E-state index in [-0.39, 0.29) is 18.1 Å². The van der Waals surface area contributed by atoms with Crippen molar-refractivity contribution in [2.45, 2.75) is 51.0 Å². The van der Waals surface area contributed by atoms with Crippen LogP contribution in [-0.2, 0) is 11.3 Å². The fourth-order valence-electron chi connectivity index (χ4n) is 2.46. The molecule has 0 aromatic carbocycles. The minimum Gasteiger partial charge on any atom is -0.388 e. The number of aliphatic hydroxyl groups is 1. The number of nitrogens with zero attached hydrogens (tertiary/aromatic N) is 2. The van der Waals surface area contributed by atoms with Gasteiger partial charge < -0.3 is 15.2 Å². The van der Waals surface area contributed by atoms with Crippen molar-refractivity contribution in [3.63, 3.8) is 0 Å². The first-order valence-electron chi connectivity index (χ1n) is 6.70. The molecule has 0 spiro atoms. The van der Waals surface area contributed by atoms with Crippen molar-refractivity contribution in [2.24, 2.45) is 0 Å². The van der Waals surface area contributed by atoms with Crippen LogP contribution in [-0.4, -0.2) is 46.2 Å². The van der Waals surface area contributed by atoms with E-state index in [1.54, 1.807) is 24.2 Å². The number of carbonyl (C=O) groups excluding carboxylic acids is 1. The van der Waals surface area contributed by atoms with E-state index in [9.17, 15) is 9.90 Å². The molecule has 1 aromatic heterocycles. The third-order valence-corrected chi connectivity index (χ3v) is 3.64. The predicted octanol–water partition coefficient (Wildman–Crippen LogP) is 0.561. The van der Waals surface area contributed by atoms with Crippen LogP contribution in [0.2, 0.25) is 0 Å². The molecule has 1 heterocycles. The summed E-state index contributed by atoms with van der Waals surface area (Å²) in [6.07, 6.45) is 4.95. The molecule has 1 amide bonds. The van der Waals surface area contributed by atoms with Gasteiger partial charge in [0, 0.05) is 19.9 Å². The lowest BCUT2D eigenvalue weighted by atomic mass is 9.90. The summed E-state index contributed by atoms with van der Waals surface area (Å²) in [6.45, 7) is 2.69. The summed E-state index contributed by atoms with van der Waals surface area (Å²) in [5.41, 5.74) is 0.522. The van der Waals surface area contributed by atoms with Crippen molar-refractivity contribution < 1.29 is 14.6 Å². The fourth-order valence-corrected chi connectivity index (χ4v) is 2.46. The Morgan fingerprint density at radius 2 is 2.42 bits per heavy atom. The SMILES string of the molecule is CCn1cc(C(=O)N[C@@H]2CCC[C@@H](OC)[C@@H]2O)cn1. The van der Waals surface area contributed by atoms with Gasteiger partial charge in [-0.1, -0.05) is 0 Å². The number of hydrogen-bond donors (Lipinski definition) is 2. The van der Waals surface area contributed by atoms with Gasteiger partial charge >= 0.3 is 0 Å². The highest BCUT2D eigenvalue weighted by Gasteiger charge is 2.33. The number of aromatic nitrogens is 2. The van der Waals surface area contributed by atoms with Gasteiger partial charge in [0.15, 0.2) is 0 Å². The summed E-state index contributed by atoms with van der Waals surface area (Å²) in [6, 6.07) is -0.254. The first kappa shape index (κ1) is 14.0. The highest BCUT2D eigenvalue weighted by Crippen LogP contribution is 2.21. The van der Waals surface area contributed by atoms with Gasteiger partial charge in [0.05, 0.1) is 23.9 Å². The minimum absolute atomic E-state index is 0.194. The van der Waals surface area contributed by atoms with Crippen molar-refractivity contribution in [3.8, 4) is 0 Å². The van der Waals surface area contributed by atoms with Gasteiger partial charge in [0.2, 0.25) is 0 Å². The van der Waals surface area contributed by atoms with E-state index in [1.165, 1.54) is 0 Å². The molecule has 0 radical (unpaired) electrons. The average molecular weight is 267 g/mol. The summed E-state index contributed by atoms with van der Waals surface area (Å²) in [5.74, 6) is -0.194. The zero-order chi connectivity index (χ0) is 13.8. The van der Waals surface area contributed by atoms with Crippen molar-refractivity contribution in [2.75, 3.05) is 7.11 Å². The Morgan fingerprint density at radius 3 is 3.05 bits per heavy atom. The Hall–Kier alpha value is -1.40. The highest BCUT2D eigenvalue weighted by atomic mass is 16.5. The molecule has 0 unspecified atom stereocenters. The zero-order valence-corrected chi connectivity index (χ0v) is 11.4. The van der Waals surface area contributed by atoms with Crippen LogP contribution < -0.4 is 5.32 Å². The Balaban J connectivity index is 1.98. The third kappa shape index (κ3) is 3.13. The quantitative estimate of drug-likeness (QED) is 0.836. The molecule has 3 atom stereocenters. The Morgan fingerprint density at radius 1 is 1.63 bits per heavy atom. The van der Waals surface area contributed by atoms with Gasteiger partial charge in [-0.2, -0.15) is 5.10 Å². The minimum atomic E-state index is -0.649. The largest absolute Gasteiger partial charge is 0.388 e. The average Bonchev–Trinajstić information content (AvgIpc) is 2.90. The summed E-state index contributed by atoms with van der Waals surface area (Å²) in [4.78, 5) is 12.1. The first-order chi connectivity index (χ1) is 9.15. The van der Waals surface area contributed by atoms with Gasteiger partial charge in [0.25, 0.3) is 5.91 Å². The number of nitrogens with one attached hydrogen (secondary N) is 1. The number of rotatable bonds is 4. The number of carbonyl (C=O) groups is 1. The van der Waals surface area contributed by atoms with Crippen LogP contribution in [0.3, 0.4) is 0 Å². The lowest BCUT2D eigenvalue weighted by Crippen LogP contribution is -2.51. The number of amides is 1. The maximum absolute atomic E-state index is 12.1. The molecule has 1 saturated carbocycles. The maximum atomic E-state index is 12.1. The molecule has 6 heteroatoms. The second kappa shape index (κ2) is 6.16. The van der Waals surface area contributed by atoms with Crippen LogP contribution in [0.1, 0.15) is 36.5 Å². The van der Waals surface area contributed by atoms with Crippen LogP contribution >= 0.6 is 0 Å². The summed E-state index contributed by atoms with van der Waals surface area (Å²) in [5, 5.41) is 17.0. The lowest BCUT2D eigenvalue weighted by molar-refractivity contribution is -0.0513. The number of ether oxygens (including phenoxy) is 1. The third-order valence-electron chi connectivity index (χ3n) is 3.64. The standard InChI is InChI=1S/C13H21N3O3/c1-3-16-8-9(7-14-16)13(18)15-10-5-4-6-11(19-2)12(10)17/h7-8,10-12,17H,3-6H2,1-2H3,(H,15,18)/t10-,11-,12-/m1/s1. The summed E-state index contributed by atoms with van der Waals surface area (Å²) < 4.78 is 6.92. The zero-order valence-electron chi connectivity index (χ0n) is 11.4. The van der Waals surface area contributed by atoms with E-state index in [0.717, 1.165) is 25.8 Å². The van der Waals surface area contributed by atoms with E-state index in [1.807, 2.05) is 6.92 Å². The molecule has 1 aliphatic rings. The molecule has 106 valence electrons. The van der Waals surface area contributed by atoms with Crippen LogP contribution in [0, 0.1) is 0 Å². The van der Waals surface area contributed by atoms with Gasteiger partial charge in [-0.3, -0.25) is 9.48 Å². The predicted molar refractivity (Wildman–Crippen MR) is 69.8 cm³/mol. The van der Waals surface area contributed by atoms with Gasteiger partial charge in [-0.15, -0.1) is 0 Å². The molecule has 2 N–H and O–H groups in total. The second-order valence-electron chi connectivity index (χ2n) is 4.86. The van der Waals surface area contributed by atoms with Crippen LogP contribution in [0.25, 0.3) is 0 Å². The number of aliphatic hydroxyl groups excluding tert-OH is 1. The summed E-state index contributed by atoms with van der Waals surface area (Å²) >= 11 is 0. The normalized spacial score (nSPS) is 27.2. The van der Waals surface area contributed by atoms with Gasteiger partial charge in [-0.25, -0.2) is 0 Å².